The molecule has 0 aromatic heterocycles. The smallest absolute Gasteiger partial charge is 0.00776 e. The van der Waals surface area contributed by atoms with Gasteiger partial charge in [-0.1, -0.05) is 13.8 Å². The molecule has 2 rings (SSSR count). The molecule has 0 bridgehead atoms. The van der Waals surface area contributed by atoms with E-state index in [0.29, 0.717) is 0 Å². The average molecular weight is 167 g/mol. The lowest BCUT2D eigenvalue weighted by molar-refractivity contribution is 0.197. The first-order valence-corrected chi connectivity index (χ1v) is 5.44. The van der Waals surface area contributed by atoms with Crippen LogP contribution >= 0.6 is 0 Å². The Bertz CT molecular complexity index is 150. The van der Waals surface area contributed by atoms with E-state index in [0.717, 1.165) is 17.4 Å². The minimum absolute atomic E-state index is 0.854. The summed E-state index contributed by atoms with van der Waals surface area (Å²) in [5.74, 6) is 0.854. The molecule has 0 radical (unpaired) electrons. The number of hydrogen-bond acceptors (Lipinski definition) is 1. The second kappa shape index (κ2) is 3.02. The van der Waals surface area contributed by atoms with Crippen molar-refractivity contribution in [2.24, 2.45) is 11.3 Å². The van der Waals surface area contributed by atoms with Crippen LogP contribution in [-0.4, -0.2) is 12.6 Å². The van der Waals surface area contributed by atoms with E-state index in [4.69, 9.17) is 0 Å². The summed E-state index contributed by atoms with van der Waals surface area (Å²) >= 11 is 0. The fourth-order valence-corrected chi connectivity index (χ4v) is 2.29. The monoisotopic (exact) mass is 167 g/mol. The minimum atomic E-state index is 0.854. The van der Waals surface area contributed by atoms with E-state index >= 15 is 0 Å². The molecule has 1 spiro atoms. The number of rotatable bonds is 4. The summed E-state index contributed by atoms with van der Waals surface area (Å²) in [5, 5.41) is 3.65. The minimum Gasteiger partial charge on any atom is -0.314 e. The molecule has 0 saturated heterocycles. The second-order valence-electron chi connectivity index (χ2n) is 5.24. The highest BCUT2D eigenvalue weighted by Gasteiger charge is 2.52. The standard InChI is InChI=1S/C11H21N/c1-9(2)3-6-12-10-7-11(8-10)4-5-11/h9-10,12H,3-8H2,1-2H3. The molecule has 0 heterocycles. The maximum atomic E-state index is 3.65. The molecular weight excluding hydrogens is 146 g/mol. The van der Waals surface area contributed by atoms with Crippen LogP contribution in [0.3, 0.4) is 0 Å². The fraction of sp³-hybridized carbons (Fsp3) is 1.00. The molecule has 0 amide bonds. The largest absolute Gasteiger partial charge is 0.314 e. The number of hydrogen-bond donors (Lipinski definition) is 1. The molecule has 2 fully saturated rings. The normalized spacial score (nSPS) is 26.2. The molecule has 0 unspecified atom stereocenters. The van der Waals surface area contributed by atoms with Gasteiger partial charge in [-0.05, 0) is 50.0 Å². The summed E-state index contributed by atoms with van der Waals surface area (Å²) < 4.78 is 0. The average Bonchev–Trinajstić information content (AvgIpc) is 2.64. The van der Waals surface area contributed by atoms with E-state index in [1.807, 2.05) is 0 Å². The van der Waals surface area contributed by atoms with E-state index in [1.165, 1.54) is 38.6 Å². The van der Waals surface area contributed by atoms with Crippen molar-refractivity contribution in [1.82, 2.24) is 5.32 Å². The lowest BCUT2D eigenvalue weighted by Crippen LogP contribution is -2.42. The summed E-state index contributed by atoms with van der Waals surface area (Å²) in [7, 11) is 0. The third-order valence-corrected chi connectivity index (χ3v) is 3.47. The lowest BCUT2D eigenvalue weighted by Gasteiger charge is -2.36. The van der Waals surface area contributed by atoms with Crippen molar-refractivity contribution >= 4 is 0 Å². The quantitative estimate of drug-likeness (QED) is 0.678. The van der Waals surface area contributed by atoms with E-state index in [2.05, 4.69) is 19.2 Å². The third-order valence-electron chi connectivity index (χ3n) is 3.47. The fourth-order valence-electron chi connectivity index (χ4n) is 2.29. The van der Waals surface area contributed by atoms with Crippen LogP contribution in [0.25, 0.3) is 0 Å². The molecule has 1 nitrogen and oxygen atoms in total. The van der Waals surface area contributed by atoms with Crippen LogP contribution < -0.4 is 5.32 Å². The Kier molecular flexibility index (Phi) is 2.16. The molecule has 0 atom stereocenters. The maximum Gasteiger partial charge on any atom is 0.00776 e. The van der Waals surface area contributed by atoms with E-state index in [9.17, 15) is 0 Å². The van der Waals surface area contributed by atoms with Gasteiger partial charge in [0.15, 0.2) is 0 Å². The first kappa shape index (κ1) is 8.55. The highest BCUT2D eigenvalue weighted by molar-refractivity contribution is 5.06. The van der Waals surface area contributed by atoms with Gasteiger partial charge in [0.05, 0.1) is 0 Å². The predicted molar refractivity (Wildman–Crippen MR) is 52.1 cm³/mol. The summed E-state index contributed by atoms with van der Waals surface area (Å²) in [6, 6.07) is 0.881. The van der Waals surface area contributed by atoms with Crippen molar-refractivity contribution in [2.75, 3.05) is 6.54 Å². The summed E-state index contributed by atoms with van der Waals surface area (Å²) in [4.78, 5) is 0. The molecule has 0 aliphatic heterocycles. The van der Waals surface area contributed by atoms with Crippen LogP contribution in [0.2, 0.25) is 0 Å². The van der Waals surface area contributed by atoms with Crippen molar-refractivity contribution < 1.29 is 0 Å². The summed E-state index contributed by atoms with van der Waals surface area (Å²) in [5.41, 5.74) is 0.871. The van der Waals surface area contributed by atoms with Crippen molar-refractivity contribution in [1.29, 1.82) is 0 Å². The Labute approximate surface area is 75.9 Å². The zero-order chi connectivity index (χ0) is 8.60. The van der Waals surface area contributed by atoms with Crippen LogP contribution in [0.15, 0.2) is 0 Å². The molecule has 2 aliphatic carbocycles. The van der Waals surface area contributed by atoms with Gasteiger partial charge in [0.1, 0.15) is 0 Å². The lowest BCUT2D eigenvalue weighted by atomic mass is 9.77. The van der Waals surface area contributed by atoms with Gasteiger partial charge in [-0.2, -0.15) is 0 Å². The Morgan fingerprint density at radius 1 is 1.33 bits per heavy atom. The Morgan fingerprint density at radius 3 is 2.50 bits per heavy atom. The van der Waals surface area contributed by atoms with E-state index in [1.54, 1.807) is 0 Å². The van der Waals surface area contributed by atoms with E-state index in [-0.39, 0.29) is 0 Å². The first-order valence-electron chi connectivity index (χ1n) is 5.44. The molecule has 1 heteroatoms. The predicted octanol–water partition coefficient (Wildman–Crippen LogP) is 2.56. The first-order chi connectivity index (χ1) is 5.70. The van der Waals surface area contributed by atoms with Gasteiger partial charge in [-0.3, -0.25) is 0 Å². The SMILES string of the molecule is CC(C)CCNC1CC2(CC2)C1. The van der Waals surface area contributed by atoms with Crippen LogP contribution in [0.1, 0.15) is 46.0 Å². The highest BCUT2D eigenvalue weighted by atomic mass is 14.9. The van der Waals surface area contributed by atoms with Gasteiger partial charge in [-0.15, -0.1) is 0 Å². The highest BCUT2D eigenvalue weighted by Crippen LogP contribution is 2.60. The van der Waals surface area contributed by atoms with Gasteiger partial charge in [0.25, 0.3) is 0 Å². The number of nitrogens with one attached hydrogen (secondary N) is 1. The molecule has 1 N–H and O–H groups in total. The van der Waals surface area contributed by atoms with Crippen LogP contribution in [0.4, 0.5) is 0 Å². The van der Waals surface area contributed by atoms with Gasteiger partial charge < -0.3 is 5.32 Å². The third kappa shape index (κ3) is 1.82. The van der Waals surface area contributed by atoms with Gasteiger partial charge in [0.2, 0.25) is 0 Å². The van der Waals surface area contributed by atoms with Crippen LogP contribution in [0.5, 0.6) is 0 Å². The van der Waals surface area contributed by atoms with Gasteiger partial charge in [0, 0.05) is 6.04 Å². The molecule has 0 aromatic rings. The van der Waals surface area contributed by atoms with Crippen molar-refractivity contribution in [2.45, 2.75) is 52.0 Å². The molecule has 12 heavy (non-hydrogen) atoms. The van der Waals surface area contributed by atoms with Crippen LogP contribution in [0, 0.1) is 11.3 Å². The molecule has 70 valence electrons. The zero-order valence-electron chi connectivity index (χ0n) is 8.40. The van der Waals surface area contributed by atoms with Crippen molar-refractivity contribution in [3.63, 3.8) is 0 Å². The van der Waals surface area contributed by atoms with Gasteiger partial charge >= 0.3 is 0 Å². The molecule has 2 saturated carbocycles. The Morgan fingerprint density at radius 2 is 2.00 bits per heavy atom. The summed E-state index contributed by atoms with van der Waals surface area (Å²) in [6.07, 6.45) is 7.34. The van der Waals surface area contributed by atoms with Crippen molar-refractivity contribution in [3.05, 3.63) is 0 Å². The summed E-state index contributed by atoms with van der Waals surface area (Å²) in [6.45, 7) is 5.83. The Balaban J connectivity index is 1.52. The zero-order valence-corrected chi connectivity index (χ0v) is 8.40. The van der Waals surface area contributed by atoms with Crippen LogP contribution in [-0.2, 0) is 0 Å². The maximum absolute atomic E-state index is 3.65. The topological polar surface area (TPSA) is 12.0 Å². The Hall–Kier alpha value is -0.0400. The second-order valence-corrected chi connectivity index (χ2v) is 5.24. The van der Waals surface area contributed by atoms with Crippen molar-refractivity contribution in [3.8, 4) is 0 Å². The molecule has 0 aromatic carbocycles. The van der Waals surface area contributed by atoms with E-state index < -0.39 is 0 Å². The van der Waals surface area contributed by atoms with Gasteiger partial charge in [-0.25, -0.2) is 0 Å². The molecular formula is C11H21N. The molecule has 2 aliphatic rings.